The average molecular weight is 258 g/mol. The number of aliphatic hydroxyl groups excluding tert-OH is 1. The summed E-state index contributed by atoms with van der Waals surface area (Å²) in [5.41, 5.74) is 2.02. The highest BCUT2D eigenvalue weighted by molar-refractivity contribution is 5.81. The van der Waals surface area contributed by atoms with E-state index in [1.807, 2.05) is 18.2 Å². The lowest BCUT2D eigenvalue weighted by Gasteiger charge is -2.30. The van der Waals surface area contributed by atoms with Crippen molar-refractivity contribution in [1.82, 2.24) is 4.98 Å². The quantitative estimate of drug-likeness (QED) is 0.862. The van der Waals surface area contributed by atoms with Gasteiger partial charge in [0.25, 0.3) is 0 Å². The van der Waals surface area contributed by atoms with E-state index in [1.54, 1.807) is 0 Å². The topological polar surface area (TPSA) is 45.1 Å². The van der Waals surface area contributed by atoms with Gasteiger partial charge in [-0.25, -0.2) is 4.98 Å². The van der Waals surface area contributed by atoms with Crippen LogP contribution in [0.4, 0.5) is 5.82 Å². The van der Waals surface area contributed by atoms with Crippen LogP contribution in [0, 0.1) is 6.92 Å². The number of benzene rings is 1. The Morgan fingerprint density at radius 3 is 2.74 bits per heavy atom. The molecule has 3 nitrogen and oxygen atoms in total. The maximum absolute atomic E-state index is 9.19. The minimum atomic E-state index is -0.116. The zero-order valence-electron chi connectivity index (χ0n) is 11.9. The first-order valence-corrected chi connectivity index (χ1v) is 6.83. The first-order chi connectivity index (χ1) is 9.08. The van der Waals surface area contributed by atoms with Crippen LogP contribution in [0.2, 0.25) is 0 Å². The Morgan fingerprint density at radius 2 is 2.05 bits per heavy atom. The number of aromatic nitrogens is 1. The normalized spacial score (nSPS) is 14.3. The summed E-state index contributed by atoms with van der Waals surface area (Å²) in [4.78, 5) is 4.70. The molecule has 1 atom stereocenters. The van der Waals surface area contributed by atoms with Crippen molar-refractivity contribution in [2.75, 3.05) is 11.9 Å². The Labute approximate surface area is 114 Å². The van der Waals surface area contributed by atoms with Crippen LogP contribution in [0.25, 0.3) is 10.9 Å². The highest BCUT2D eigenvalue weighted by Gasteiger charge is 2.22. The van der Waals surface area contributed by atoms with Gasteiger partial charge in [0.15, 0.2) is 0 Å². The summed E-state index contributed by atoms with van der Waals surface area (Å²) in [5.74, 6) is 0.913. The molecule has 1 heterocycles. The summed E-state index contributed by atoms with van der Waals surface area (Å²) in [6.45, 7) is 6.50. The lowest BCUT2D eigenvalue weighted by molar-refractivity contribution is 0.252. The van der Waals surface area contributed by atoms with Crippen molar-refractivity contribution in [3.8, 4) is 0 Å². The molecule has 1 aromatic carbocycles. The van der Waals surface area contributed by atoms with Crippen molar-refractivity contribution >= 4 is 16.7 Å². The number of anilines is 1. The Balaban J connectivity index is 2.36. The number of hydrogen-bond acceptors (Lipinski definition) is 3. The molecule has 2 rings (SSSR count). The minimum Gasteiger partial charge on any atom is -0.396 e. The Morgan fingerprint density at radius 1 is 1.32 bits per heavy atom. The van der Waals surface area contributed by atoms with E-state index < -0.39 is 0 Å². The standard InChI is InChI=1S/C16H22N2O/c1-4-16(3,9-10-19)18-15-12(2)11-13-7-5-6-8-14(13)17-15/h5-8,11,19H,4,9-10H2,1-3H3,(H,17,18). The first-order valence-electron chi connectivity index (χ1n) is 6.83. The minimum absolute atomic E-state index is 0.116. The van der Waals surface area contributed by atoms with Crippen LogP contribution in [-0.2, 0) is 0 Å². The van der Waals surface area contributed by atoms with Gasteiger partial charge in [-0.15, -0.1) is 0 Å². The van der Waals surface area contributed by atoms with Crippen LogP contribution in [-0.4, -0.2) is 22.2 Å². The van der Waals surface area contributed by atoms with Crippen LogP contribution in [0.1, 0.15) is 32.3 Å². The summed E-state index contributed by atoms with van der Waals surface area (Å²) >= 11 is 0. The second kappa shape index (κ2) is 5.57. The largest absolute Gasteiger partial charge is 0.396 e. The number of nitrogens with zero attached hydrogens (tertiary/aromatic N) is 1. The molecule has 1 unspecified atom stereocenters. The third-order valence-electron chi connectivity index (χ3n) is 3.78. The number of aryl methyl sites for hydroxylation is 1. The molecule has 0 saturated carbocycles. The molecular weight excluding hydrogens is 236 g/mol. The molecule has 0 aliphatic rings. The van der Waals surface area contributed by atoms with E-state index in [0.717, 1.165) is 35.1 Å². The summed E-state index contributed by atoms with van der Waals surface area (Å²) in [7, 11) is 0. The predicted molar refractivity (Wildman–Crippen MR) is 80.5 cm³/mol. The van der Waals surface area contributed by atoms with Crippen LogP contribution >= 0.6 is 0 Å². The molecule has 0 radical (unpaired) electrons. The molecule has 0 fully saturated rings. The van der Waals surface area contributed by atoms with Crippen molar-refractivity contribution in [1.29, 1.82) is 0 Å². The molecule has 0 aliphatic heterocycles. The lowest BCUT2D eigenvalue weighted by Crippen LogP contribution is -2.35. The van der Waals surface area contributed by atoms with Gasteiger partial charge >= 0.3 is 0 Å². The molecular formula is C16H22N2O. The summed E-state index contributed by atoms with van der Waals surface area (Å²) in [5, 5.41) is 13.8. The average Bonchev–Trinajstić information content (AvgIpc) is 2.40. The fourth-order valence-electron chi connectivity index (χ4n) is 2.21. The van der Waals surface area contributed by atoms with Crippen molar-refractivity contribution in [3.05, 3.63) is 35.9 Å². The second-order valence-electron chi connectivity index (χ2n) is 5.36. The van der Waals surface area contributed by atoms with E-state index in [2.05, 4.69) is 38.2 Å². The van der Waals surface area contributed by atoms with E-state index in [9.17, 15) is 5.11 Å². The lowest BCUT2D eigenvalue weighted by atomic mass is 9.94. The highest BCUT2D eigenvalue weighted by Crippen LogP contribution is 2.25. The molecule has 0 saturated heterocycles. The summed E-state index contributed by atoms with van der Waals surface area (Å²) in [6.07, 6.45) is 1.67. The zero-order chi connectivity index (χ0) is 13.9. The maximum atomic E-state index is 9.19. The first kappa shape index (κ1) is 13.8. The molecule has 3 heteroatoms. The Kier molecular flexibility index (Phi) is 4.05. The van der Waals surface area contributed by atoms with Crippen LogP contribution in [0.3, 0.4) is 0 Å². The molecule has 0 bridgehead atoms. The monoisotopic (exact) mass is 258 g/mol. The number of nitrogens with one attached hydrogen (secondary N) is 1. The fraction of sp³-hybridized carbons (Fsp3) is 0.438. The molecule has 2 N–H and O–H groups in total. The Bertz CT molecular complexity index is 568. The number of aliphatic hydroxyl groups is 1. The van der Waals surface area contributed by atoms with E-state index >= 15 is 0 Å². The van der Waals surface area contributed by atoms with Gasteiger partial charge in [0.05, 0.1) is 5.52 Å². The van der Waals surface area contributed by atoms with E-state index in [0.29, 0.717) is 0 Å². The van der Waals surface area contributed by atoms with E-state index in [-0.39, 0.29) is 12.1 Å². The zero-order valence-corrected chi connectivity index (χ0v) is 11.9. The van der Waals surface area contributed by atoms with Crippen molar-refractivity contribution in [2.24, 2.45) is 0 Å². The molecule has 2 aromatic rings. The second-order valence-corrected chi connectivity index (χ2v) is 5.36. The number of rotatable bonds is 5. The van der Waals surface area contributed by atoms with Crippen molar-refractivity contribution in [2.45, 2.75) is 39.2 Å². The number of fused-ring (bicyclic) bond motifs is 1. The summed E-state index contributed by atoms with van der Waals surface area (Å²) in [6, 6.07) is 10.3. The van der Waals surface area contributed by atoms with E-state index in [4.69, 9.17) is 4.98 Å². The van der Waals surface area contributed by atoms with Gasteiger partial charge < -0.3 is 10.4 Å². The third-order valence-corrected chi connectivity index (χ3v) is 3.78. The number of para-hydroxylation sites is 1. The van der Waals surface area contributed by atoms with Crippen LogP contribution < -0.4 is 5.32 Å². The fourth-order valence-corrected chi connectivity index (χ4v) is 2.21. The number of pyridine rings is 1. The van der Waals surface area contributed by atoms with Gasteiger partial charge in [-0.05, 0) is 44.4 Å². The van der Waals surface area contributed by atoms with Gasteiger partial charge in [-0.3, -0.25) is 0 Å². The smallest absolute Gasteiger partial charge is 0.130 e. The maximum Gasteiger partial charge on any atom is 0.130 e. The SMILES string of the molecule is CCC(C)(CCO)Nc1nc2ccccc2cc1C. The van der Waals surface area contributed by atoms with E-state index in [1.165, 1.54) is 0 Å². The molecule has 0 amide bonds. The summed E-state index contributed by atoms with van der Waals surface area (Å²) < 4.78 is 0. The van der Waals surface area contributed by atoms with Crippen LogP contribution in [0.5, 0.6) is 0 Å². The van der Waals surface area contributed by atoms with Crippen molar-refractivity contribution < 1.29 is 5.11 Å². The van der Waals surface area contributed by atoms with Gasteiger partial charge in [-0.2, -0.15) is 0 Å². The van der Waals surface area contributed by atoms with Gasteiger partial charge in [0.2, 0.25) is 0 Å². The molecule has 0 spiro atoms. The van der Waals surface area contributed by atoms with Crippen LogP contribution in [0.15, 0.2) is 30.3 Å². The number of hydrogen-bond donors (Lipinski definition) is 2. The third kappa shape index (κ3) is 3.04. The van der Waals surface area contributed by atoms with Gasteiger partial charge in [-0.1, -0.05) is 25.1 Å². The van der Waals surface area contributed by atoms with Gasteiger partial charge in [0, 0.05) is 17.5 Å². The van der Waals surface area contributed by atoms with Crippen molar-refractivity contribution in [3.63, 3.8) is 0 Å². The molecule has 0 aliphatic carbocycles. The molecule has 1 aromatic heterocycles. The molecule has 19 heavy (non-hydrogen) atoms. The molecule has 102 valence electrons. The van der Waals surface area contributed by atoms with Gasteiger partial charge in [0.1, 0.15) is 5.82 Å². The highest BCUT2D eigenvalue weighted by atomic mass is 16.3. The predicted octanol–water partition coefficient (Wildman–Crippen LogP) is 3.51. The Hall–Kier alpha value is -1.61.